The quantitative estimate of drug-likeness (QED) is 0.888. The van der Waals surface area contributed by atoms with Crippen molar-refractivity contribution in [1.82, 2.24) is 4.90 Å². The molecule has 5 rings (SSSR count). The number of hydrogen-bond donors (Lipinski definition) is 1. The summed E-state index contributed by atoms with van der Waals surface area (Å²) in [5.74, 6) is -0.754. The normalized spacial score (nSPS) is 37.7. The second-order valence-corrected chi connectivity index (χ2v) is 7.38. The van der Waals surface area contributed by atoms with Crippen molar-refractivity contribution in [3.05, 3.63) is 39.4 Å². The Morgan fingerprint density at radius 2 is 2.09 bits per heavy atom. The third-order valence-electron chi connectivity index (χ3n) is 5.49. The van der Waals surface area contributed by atoms with Gasteiger partial charge in [-0.05, 0) is 42.9 Å². The van der Waals surface area contributed by atoms with Crippen molar-refractivity contribution < 1.29 is 9.90 Å². The Kier molecular flexibility index (Phi) is 3.48. The minimum absolute atomic E-state index is 0.162. The minimum atomic E-state index is -0.653. The van der Waals surface area contributed by atoms with E-state index in [0.29, 0.717) is 16.1 Å². The number of halogens is 2. The van der Waals surface area contributed by atoms with Crippen molar-refractivity contribution in [1.29, 1.82) is 0 Å². The van der Waals surface area contributed by atoms with E-state index in [1.165, 1.54) is 5.57 Å². The molecule has 1 N–H and O–H groups in total. The summed E-state index contributed by atoms with van der Waals surface area (Å²) in [5, 5.41) is 10.7. The molecule has 0 saturated carbocycles. The van der Waals surface area contributed by atoms with Gasteiger partial charge in [0.25, 0.3) is 0 Å². The number of piperidine rings is 3. The van der Waals surface area contributed by atoms with Gasteiger partial charge in [0.2, 0.25) is 0 Å². The summed E-state index contributed by atoms with van der Waals surface area (Å²) in [6, 6.07) is 6.38. The number of hydrogen-bond acceptors (Lipinski definition) is 2. The maximum absolute atomic E-state index is 11.7. The molecule has 1 unspecified atom stereocenters. The summed E-state index contributed by atoms with van der Waals surface area (Å²) in [4.78, 5) is 14.1. The fraction of sp³-hybridized carbons (Fsp3) is 0.471. The maximum atomic E-state index is 11.7. The molecule has 4 bridgehead atoms. The number of benzene rings is 1. The highest BCUT2D eigenvalue weighted by molar-refractivity contribution is 6.42. The lowest BCUT2D eigenvalue weighted by atomic mass is 9.71. The number of carboxylic acid groups (broad SMARTS) is 1. The molecule has 0 spiro atoms. The molecule has 22 heavy (non-hydrogen) atoms. The molecule has 4 heterocycles. The zero-order valence-corrected chi connectivity index (χ0v) is 13.5. The predicted octanol–water partition coefficient (Wildman–Crippen LogP) is 3.94. The van der Waals surface area contributed by atoms with Gasteiger partial charge in [0.1, 0.15) is 0 Å². The van der Waals surface area contributed by atoms with Gasteiger partial charge in [0.05, 0.1) is 16.0 Å². The molecule has 116 valence electrons. The van der Waals surface area contributed by atoms with E-state index in [0.717, 1.165) is 31.4 Å². The van der Waals surface area contributed by atoms with Crippen molar-refractivity contribution in [2.24, 2.45) is 11.8 Å². The lowest BCUT2D eigenvalue weighted by Crippen LogP contribution is -2.57. The van der Waals surface area contributed by atoms with Crippen LogP contribution in [0.5, 0.6) is 0 Å². The molecule has 0 radical (unpaired) electrons. The highest BCUT2D eigenvalue weighted by Gasteiger charge is 2.54. The van der Waals surface area contributed by atoms with Crippen LogP contribution in [0.4, 0.5) is 0 Å². The van der Waals surface area contributed by atoms with Gasteiger partial charge in [-0.1, -0.05) is 40.9 Å². The van der Waals surface area contributed by atoms with Gasteiger partial charge >= 0.3 is 5.97 Å². The van der Waals surface area contributed by atoms with E-state index in [1.807, 2.05) is 12.1 Å². The Morgan fingerprint density at radius 1 is 1.27 bits per heavy atom. The van der Waals surface area contributed by atoms with Gasteiger partial charge in [0, 0.05) is 18.6 Å². The molecule has 4 aliphatic rings. The number of fused-ring (bicyclic) bond motifs is 1. The number of nitrogens with zero attached hydrogens (tertiary/aromatic N) is 1. The lowest BCUT2D eigenvalue weighted by molar-refractivity contribution is -0.149. The second-order valence-electron chi connectivity index (χ2n) is 6.57. The van der Waals surface area contributed by atoms with Crippen LogP contribution in [-0.2, 0) is 4.79 Å². The first-order valence-corrected chi connectivity index (χ1v) is 8.44. The highest BCUT2D eigenvalue weighted by atomic mass is 35.5. The van der Waals surface area contributed by atoms with Crippen LogP contribution in [0.25, 0.3) is 6.08 Å². The van der Waals surface area contributed by atoms with Crippen LogP contribution in [0.2, 0.25) is 10.0 Å². The van der Waals surface area contributed by atoms with Crippen LogP contribution < -0.4 is 0 Å². The molecule has 5 heteroatoms. The summed E-state index contributed by atoms with van der Waals surface area (Å²) in [7, 11) is 0. The number of rotatable bonds is 2. The molecule has 5 atom stereocenters. The first-order valence-electron chi connectivity index (χ1n) is 7.68. The number of aliphatic carboxylic acids is 1. The van der Waals surface area contributed by atoms with E-state index < -0.39 is 5.97 Å². The van der Waals surface area contributed by atoms with Gasteiger partial charge < -0.3 is 5.11 Å². The molecule has 1 aromatic carbocycles. The van der Waals surface area contributed by atoms with Gasteiger partial charge in [-0.2, -0.15) is 0 Å². The van der Waals surface area contributed by atoms with Gasteiger partial charge in [0.15, 0.2) is 0 Å². The van der Waals surface area contributed by atoms with Crippen LogP contribution in [0.3, 0.4) is 0 Å². The van der Waals surface area contributed by atoms with E-state index in [1.54, 1.807) is 6.07 Å². The van der Waals surface area contributed by atoms with Crippen molar-refractivity contribution in [3.8, 4) is 0 Å². The van der Waals surface area contributed by atoms with Crippen LogP contribution in [-0.4, -0.2) is 34.6 Å². The molecule has 0 amide bonds. The summed E-state index contributed by atoms with van der Waals surface area (Å²) >= 11 is 12.0. The zero-order valence-electron chi connectivity index (χ0n) is 12.0. The molecule has 3 nitrogen and oxygen atoms in total. The highest BCUT2D eigenvalue weighted by Crippen LogP contribution is 2.50. The van der Waals surface area contributed by atoms with Gasteiger partial charge in [-0.15, -0.1) is 0 Å². The smallest absolute Gasteiger partial charge is 0.308 e. The molecular formula is C17H17Cl2NO2. The minimum Gasteiger partial charge on any atom is -0.481 e. The number of carbonyl (C=O) groups is 1. The van der Waals surface area contributed by atoms with Crippen LogP contribution in [0.15, 0.2) is 23.8 Å². The van der Waals surface area contributed by atoms with Crippen molar-refractivity contribution in [2.75, 3.05) is 6.54 Å². The lowest BCUT2D eigenvalue weighted by Gasteiger charge is -2.50. The van der Waals surface area contributed by atoms with E-state index in [2.05, 4.69) is 11.0 Å². The second kappa shape index (κ2) is 5.26. The van der Waals surface area contributed by atoms with Crippen molar-refractivity contribution >= 4 is 35.2 Å². The molecule has 4 fully saturated rings. The van der Waals surface area contributed by atoms with E-state index in [9.17, 15) is 9.90 Å². The summed E-state index contributed by atoms with van der Waals surface area (Å²) < 4.78 is 0. The third-order valence-corrected chi connectivity index (χ3v) is 6.23. The Morgan fingerprint density at radius 3 is 2.82 bits per heavy atom. The predicted molar refractivity (Wildman–Crippen MR) is 87.2 cm³/mol. The van der Waals surface area contributed by atoms with Crippen molar-refractivity contribution in [2.45, 2.75) is 31.3 Å². The molecule has 0 aromatic heterocycles. The average Bonchev–Trinajstić information content (AvgIpc) is 2.78. The SMILES string of the molecule is O=C(O)[C@H]1[C@@H]2C[C@@H]3CC[C@H]1N3C/C2=C\c1ccc(Cl)c(Cl)c1. The zero-order chi connectivity index (χ0) is 15.4. The van der Waals surface area contributed by atoms with Crippen LogP contribution >= 0.6 is 23.2 Å². The van der Waals surface area contributed by atoms with E-state index in [-0.39, 0.29) is 17.9 Å². The van der Waals surface area contributed by atoms with Gasteiger partial charge in [-0.25, -0.2) is 0 Å². The summed E-state index contributed by atoms with van der Waals surface area (Å²) in [5.41, 5.74) is 2.22. The first-order chi connectivity index (χ1) is 10.5. The maximum Gasteiger partial charge on any atom is 0.308 e. The third kappa shape index (κ3) is 2.18. The molecular weight excluding hydrogens is 321 g/mol. The molecule has 1 aromatic rings. The molecule has 0 aliphatic carbocycles. The first kappa shape index (κ1) is 14.6. The fourth-order valence-corrected chi connectivity index (χ4v) is 4.88. The molecule has 4 saturated heterocycles. The largest absolute Gasteiger partial charge is 0.481 e. The average molecular weight is 338 g/mol. The fourth-order valence-electron chi connectivity index (χ4n) is 4.57. The summed E-state index contributed by atoms with van der Waals surface area (Å²) in [6.07, 6.45) is 5.25. The standard InChI is InChI=1S/C17H17Cl2NO2/c18-13-3-1-9(6-14(13)19)5-10-8-20-11-2-4-15(20)16(17(21)22)12(10)7-11/h1,3,5-6,11-12,15-16H,2,4,7-8H2,(H,21,22)/b10-5+/t11-,12+,15+,16-/m0/s1. The Hall–Kier alpha value is -1.03. The van der Waals surface area contributed by atoms with E-state index >= 15 is 0 Å². The Bertz CT molecular complexity index is 673. The number of carboxylic acids is 1. The molecule has 4 aliphatic heterocycles. The monoisotopic (exact) mass is 337 g/mol. The van der Waals surface area contributed by atoms with Crippen molar-refractivity contribution in [3.63, 3.8) is 0 Å². The topological polar surface area (TPSA) is 40.5 Å². The van der Waals surface area contributed by atoms with E-state index in [4.69, 9.17) is 23.2 Å². The van der Waals surface area contributed by atoms with Crippen LogP contribution in [0.1, 0.15) is 24.8 Å². The summed E-state index contributed by atoms with van der Waals surface area (Å²) in [6.45, 7) is 0.893. The van der Waals surface area contributed by atoms with Gasteiger partial charge in [-0.3, -0.25) is 9.69 Å². The van der Waals surface area contributed by atoms with Crippen LogP contribution in [0, 0.1) is 11.8 Å². The Labute approximate surface area is 139 Å². The Balaban J connectivity index is 1.70.